The lowest BCUT2D eigenvalue weighted by molar-refractivity contribution is 0.0660. The van der Waals surface area contributed by atoms with Gasteiger partial charge in [-0.1, -0.05) is 0 Å². The van der Waals surface area contributed by atoms with Gasteiger partial charge in [0.2, 0.25) is 5.89 Å². The van der Waals surface area contributed by atoms with Gasteiger partial charge < -0.3 is 14.3 Å². The zero-order chi connectivity index (χ0) is 16.4. The molecule has 1 atom stereocenters. The minimum atomic E-state index is -0.425. The number of rotatable bonds is 4. The van der Waals surface area contributed by atoms with Crippen molar-refractivity contribution < 1.29 is 18.7 Å². The Kier molecular flexibility index (Phi) is 4.63. The molecule has 1 aliphatic heterocycles. The van der Waals surface area contributed by atoms with E-state index in [1.54, 1.807) is 12.1 Å². The number of nitrogens with zero attached hydrogens (tertiary/aromatic N) is 2. The Bertz CT molecular complexity index is 686. The Labute approximate surface area is 134 Å². The van der Waals surface area contributed by atoms with E-state index in [4.69, 9.17) is 9.15 Å². The zero-order valence-corrected chi connectivity index (χ0v) is 13.4. The Morgan fingerprint density at radius 3 is 3.00 bits per heavy atom. The number of likely N-dealkylation sites (tertiary alicyclic amines) is 1. The van der Waals surface area contributed by atoms with Crippen LogP contribution in [0.1, 0.15) is 24.3 Å². The van der Waals surface area contributed by atoms with Gasteiger partial charge in [0.05, 0.1) is 24.5 Å². The Morgan fingerprint density at radius 2 is 2.30 bits per heavy atom. The molecule has 0 amide bonds. The molecule has 1 fully saturated rings. The molecule has 1 aromatic carbocycles. The second kappa shape index (κ2) is 6.68. The van der Waals surface area contributed by atoms with Crippen LogP contribution in [0.3, 0.4) is 0 Å². The number of oxazole rings is 1. The maximum Gasteiger partial charge on any atom is 0.229 e. The molecule has 1 saturated heterocycles. The van der Waals surface area contributed by atoms with Gasteiger partial charge in [0.1, 0.15) is 17.3 Å². The second-order valence-electron chi connectivity index (χ2n) is 5.90. The van der Waals surface area contributed by atoms with Gasteiger partial charge in [-0.15, -0.1) is 0 Å². The SMILES string of the molecule is COc1ccc(-c2nc(CN3CCC[C@@H](O)C3)c(C)o2)c(F)c1. The number of aliphatic hydroxyl groups is 1. The molecule has 1 aliphatic rings. The molecule has 2 aromatic rings. The highest BCUT2D eigenvalue weighted by Crippen LogP contribution is 2.28. The fraction of sp³-hybridized carbons (Fsp3) is 0.471. The molecule has 1 aromatic heterocycles. The summed E-state index contributed by atoms with van der Waals surface area (Å²) in [4.78, 5) is 6.59. The molecule has 3 rings (SSSR count). The number of aryl methyl sites for hydroxylation is 1. The third-order valence-corrected chi connectivity index (χ3v) is 4.15. The van der Waals surface area contributed by atoms with Gasteiger partial charge in [0.15, 0.2) is 0 Å². The van der Waals surface area contributed by atoms with Crippen LogP contribution in [0.25, 0.3) is 11.5 Å². The monoisotopic (exact) mass is 320 g/mol. The molecule has 0 saturated carbocycles. The summed E-state index contributed by atoms with van der Waals surface area (Å²) in [6.45, 7) is 3.99. The summed E-state index contributed by atoms with van der Waals surface area (Å²) in [5, 5.41) is 9.75. The van der Waals surface area contributed by atoms with Crippen molar-refractivity contribution in [2.24, 2.45) is 0 Å². The number of methoxy groups -OCH3 is 1. The molecule has 0 aliphatic carbocycles. The normalized spacial score (nSPS) is 19.0. The van der Waals surface area contributed by atoms with Crippen molar-refractivity contribution in [3.8, 4) is 17.2 Å². The number of aromatic nitrogens is 1. The molecule has 0 radical (unpaired) electrons. The van der Waals surface area contributed by atoms with Crippen molar-refractivity contribution in [2.45, 2.75) is 32.4 Å². The van der Waals surface area contributed by atoms with Crippen LogP contribution >= 0.6 is 0 Å². The maximum absolute atomic E-state index is 14.2. The largest absolute Gasteiger partial charge is 0.497 e. The summed E-state index contributed by atoms with van der Waals surface area (Å²) >= 11 is 0. The molecular weight excluding hydrogens is 299 g/mol. The van der Waals surface area contributed by atoms with Crippen LogP contribution in [0.15, 0.2) is 22.6 Å². The Morgan fingerprint density at radius 1 is 1.48 bits per heavy atom. The lowest BCUT2D eigenvalue weighted by atomic mass is 10.1. The first-order valence-corrected chi connectivity index (χ1v) is 7.77. The van der Waals surface area contributed by atoms with E-state index < -0.39 is 5.82 Å². The van der Waals surface area contributed by atoms with E-state index in [1.165, 1.54) is 13.2 Å². The van der Waals surface area contributed by atoms with Crippen LogP contribution < -0.4 is 4.74 Å². The van der Waals surface area contributed by atoms with E-state index in [-0.39, 0.29) is 12.0 Å². The van der Waals surface area contributed by atoms with E-state index >= 15 is 0 Å². The zero-order valence-electron chi connectivity index (χ0n) is 13.4. The first kappa shape index (κ1) is 16.0. The molecule has 2 heterocycles. The predicted molar refractivity (Wildman–Crippen MR) is 83.7 cm³/mol. The first-order valence-electron chi connectivity index (χ1n) is 7.77. The summed E-state index contributed by atoms with van der Waals surface area (Å²) in [6.07, 6.45) is 1.53. The predicted octanol–water partition coefficient (Wildman–Crippen LogP) is 2.75. The maximum atomic E-state index is 14.2. The van der Waals surface area contributed by atoms with Gasteiger partial charge in [-0.05, 0) is 38.4 Å². The van der Waals surface area contributed by atoms with Crippen molar-refractivity contribution in [3.63, 3.8) is 0 Å². The minimum absolute atomic E-state index is 0.273. The van der Waals surface area contributed by atoms with Crippen molar-refractivity contribution in [2.75, 3.05) is 20.2 Å². The highest BCUT2D eigenvalue weighted by Gasteiger charge is 2.21. The number of benzene rings is 1. The highest BCUT2D eigenvalue weighted by molar-refractivity contribution is 5.56. The van der Waals surface area contributed by atoms with E-state index in [2.05, 4.69) is 9.88 Å². The summed E-state index contributed by atoms with van der Waals surface area (Å²) < 4.78 is 24.8. The lowest BCUT2D eigenvalue weighted by Crippen LogP contribution is -2.37. The molecule has 0 bridgehead atoms. The van der Waals surface area contributed by atoms with Crippen molar-refractivity contribution in [3.05, 3.63) is 35.5 Å². The van der Waals surface area contributed by atoms with E-state index in [0.717, 1.165) is 25.1 Å². The topological polar surface area (TPSA) is 58.7 Å². The number of β-amino-alcohol motifs (C(OH)–C–C–N with tert-alkyl or cyclic N) is 1. The Hall–Kier alpha value is -1.92. The van der Waals surface area contributed by atoms with Crippen LogP contribution in [0, 0.1) is 12.7 Å². The first-order chi connectivity index (χ1) is 11.1. The lowest BCUT2D eigenvalue weighted by Gasteiger charge is -2.29. The van der Waals surface area contributed by atoms with Crippen LogP contribution in [-0.4, -0.2) is 41.3 Å². The van der Waals surface area contributed by atoms with Crippen LogP contribution in [0.2, 0.25) is 0 Å². The fourth-order valence-electron chi connectivity index (χ4n) is 2.87. The standard InChI is InChI=1S/C17H21FN2O3/c1-11-16(10-20-7-3-4-12(21)9-20)19-17(23-11)14-6-5-13(22-2)8-15(14)18/h5-6,8,12,21H,3-4,7,9-10H2,1-2H3/t12-/m1/s1. The average Bonchev–Trinajstić information content (AvgIpc) is 2.88. The molecule has 5 nitrogen and oxygen atoms in total. The van der Waals surface area contributed by atoms with Gasteiger partial charge >= 0.3 is 0 Å². The molecule has 1 N–H and O–H groups in total. The number of halogens is 1. The van der Waals surface area contributed by atoms with Gasteiger partial charge in [-0.3, -0.25) is 4.90 Å². The third kappa shape index (κ3) is 3.54. The minimum Gasteiger partial charge on any atom is -0.497 e. The van der Waals surface area contributed by atoms with Gasteiger partial charge in [0.25, 0.3) is 0 Å². The van der Waals surface area contributed by atoms with E-state index in [9.17, 15) is 9.50 Å². The fourth-order valence-corrected chi connectivity index (χ4v) is 2.87. The molecule has 6 heteroatoms. The highest BCUT2D eigenvalue weighted by atomic mass is 19.1. The Balaban J connectivity index is 1.80. The van der Waals surface area contributed by atoms with Gasteiger partial charge in [-0.2, -0.15) is 0 Å². The summed E-state index contributed by atoms with van der Waals surface area (Å²) in [5.41, 5.74) is 1.10. The molecule has 0 spiro atoms. The molecule has 23 heavy (non-hydrogen) atoms. The number of hydrogen-bond acceptors (Lipinski definition) is 5. The quantitative estimate of drug-likeness (QED) is 0.939. The molecule has 124 valence electrons. The van der Waals surface area contributed by atoms with Crippen LogP contribution in [-0.2, 0) is 6.54 Å². The van der Waals surface area contributed by atoms with E-state index in [0.29, 0.717) is 30.2 Å². The van der Waals surface area contributed by atoms with Gasteiger partial charge in [-0.25, -0.2) is 9.37 Å². The van der Waals surface area contributed by atoms with Crippen LogP contribution in [0.5, 0.6) is 5.75 Å². The molecule has 0 unspecified atom stereocenters. The summed E-state index contributed by atoms with van der Waals surface area (Å²) in [7, 11) is 1.49. The number of hydrogen-bond donors (Lipinski definition) is 1. The van der Waals surface area contributed by atoms with Crippen molar-refractivity contribution >= 4 is 0 Å². The van der Waals surface area contributed by atoms with Crippen molar-refractivity contribution in [1.29, 1.82) is 0 Å². The average molecular weight is 320 g/mol. The summed E-state index contributed by atoms with van der Waals surface area (Å²) in [5.74, 6) is 0.980. The van der Waals surface area contributed by atoms with Crippen LogP contribution in [0.4, 0.5) is 4.39 Å². The van der Waals surface area contributed by atoms with E-state index in [1.807, 2.05) is 6.92 Å². The van der Waals surface area contributed by atoms with Gasteiger partial charge in [0, 0.05) is 19.2 Å². The van der Waals surface area contributed by atoms with Crippen molar-refractivity contribution in [1.82, 2.24) is 9.88 Å². The second-order valence-corrected chi connectivity index (χ2v) is 5.90. The smallest absolute Gasteiger partial charge is 0.229 e. The number of aliphatic hydroxyl groups excluding tert-OH is 1. The molecular formula is C17H21FN2O3. The summed E-state index contributed by atoms with van der Waals surface area (Å²) in [6, 6.07) is 4.60. The number of ether oxygens (including phenoxy) is 1. The third-order valence-electron chi connectivity index (χ3n) is 4.15. The number of piperidine rings is 1.